The monoisotopic (exact) mass is 448 g/mol. The molecule has 3 aromatic rings. The minimum absolute atomic E-state index is 0.120. The largest absolute Gasteiger partial charge is 0.478 e. The number of carboxylic acid groups (broad SMARTS) is 1. The minimum Gasteiger partial charge on any atom is -0.478 e. The highest BCUT2D eigenvalue weighted by atomic mass is 32.1. The van der Waals surface area contributed by atoms with Crippen molar-refractivity contribution < 1.29 is 14.6 Å². The zero-order valence-electron chi connectivity index (χ0n) is 17.4. The predicted molar refractivity (Wildman–Crippen MR) is 124 cm³/mol. The Hall–Kier alpha value is -3.23. The van der Waals surface area contributed by atoms with Crippen LogP contribution < -0.4 is 5.32 Å². The molecule has 7 nitrogen and oxygen atoms in total. The van der Waals surface area contributed by atoms with Gasteiger partial charge in [-0.25, -0.2) is 4.79 Å². The van der Waals surface area contributed by atoms with Crippen LogP contribution in [0.2, 0.25) is 0 Å². The Balaban J connectivity index is 1.57. The highest BCUT2D eigenvalue weighted by molar-refractivity contribution is 7.80. The molecule has 2 aliphatic heterocycles. The summed E-state index contributed by atoms with van der Waals surface area (Å²) in [7, 11) is 0. The molecule has 164 valence electrons. The molecule has 4 heterocycles. The van der Waals surface area contributed by atoms with Crippen LogP contribution in [0.25, 0.3) is 5.69 Å². The molecule has 2 aliphatic rings. The molecule has 0 radical (unpaired) electrons. The first-order valence-electron chi connectivity index (χ1n) is 10.7. The maximum atomic E-state index is 11.5. The van der Waals surface area contributed by atoms with E-state index < -0.39 is 5.97 Å². The summed E-state index contributed by atoms with van der Waals surface area (Å²) in [5.74, 6) is -0.948. The Labute approximate surface area is 191 Å². The van der Waals surface area contributed by atoms with Gasteiger partial charge >= 0.3 is 5.97 Å². The lowest BCUT2D eigenvalue weighted by molar-refractivity contribution is 0.0696. The minimum atomic E-state index is -0.948. The van der Waals surface area contributed by atoms with Gasteiger partial charge in [-0.1, -0.05) is 12.1 Å². The summed E-state index contributed by atoms with van der Waals surface area (Å²) < 4.78 is 7.94. The molecular weight excluding hydrogens is 424 g/mol. The van der Waals surface area contributed by atoms with Crippen LogP contribution >= 0.6 is 12.2 Å². The maximum Gasteiger partial charge on any atom is 0.335 e. The molecule has 5 rings (SSSR count). The van der Waals surface area contributed by atoms with Crippen molar-refractivity contribution in [3.05, 3.63) is 83.9 Å². The van der Waals surface area contributed by atoms with E-state index in [9.17, 15) is 9.90 Å². The number of carbonyl (C=O) groups is 1. The summed E-state index contributed by atoms with van der Waals surface area (Å²) in [6.45, 7) is 1.48. The third-order valence-corrected chi connectivity index (χ3v) is 6.43. The summed E-state index contributed by atoms with van der Waals surface area (Å²) in [5.41, 5.74) is 2.95. The third kappa shape index (κ3) is 3.87. The van der Waals surface area contributed by atoms with E-state index in [4.69, 9.17) is 17.0 Å². The van der Waals surface area contributed by atoms with Crippen LogP contribution in [0.1, 0.15) is 46.7 Å². The fourth-order valence-electron chi connectivity index (χ4n) is 4.59. The number of hydrogen-bond donors (Lipinski definition) is 2. The first-order chi connectivity index (χ1) is 15.6. The average molecular weight is 449 g/mol. The van der Waals surface area contributed by atoms with E-state index >= 15 is 0 Å². The van der Waals surface area contributed by atoms with Gasteiger partial charge in [0.2, 0.25) is 0 Å². The quantitative estimate of drug-likeness (QED) is 0.557. The Kier molecular flexibility index (Phi) is 5.63. The lowest BCUT2D eigenvalue weighted by Gasteiger charge is -2.30. The predicted octanol–water partition coefficient (Wildman–Crippen LogP) is 3.72. The summed E-state index contributed by atoms with van der Waals surface area (Å²) in [4.78, 5) is 18.3. The van der Waals surface area contributed by atoms with E-state index in [1.165, 1.54) is 0 Å². The fraction of sp³-hybridized carbons (Fsp3) is 0.292. The maximum absolute atomic E-state index is 11.5. The van der Waals surface area contributed by atoms with E-state index in [0.717, 1.165) is 36.5 Å². The molecule has 2 aromatic heterocycles. The highest BCUT2D eigenvalue weighted by Crippen LogP contribution is 2.40. The van der Waals surface area contributed by atoms with Crippen LogP contribution in [0.4, 0.5) is 0 Å². The van der Waals surface area contributed by atoms with Gasteiger partial charge in [0.15, 0.2) is 5.11 Å². The van der Waals surface area contributed by atoms with Gasteiger partial charge < -0.3 is 24.6 Å². The number of benzene rings is 1. The van der Waals surface area contributed by atoms with Crippen LogP contribution in [0.5, 0.6) is 0 Å². The molecule has 0 spiro atoms. The van der Waals surface area contributed by atoms with Crippen LogP contribution in [0.3, 0.4) is 0 Å². The molecule has 8 heteroatoms. The van der Waals surface area contributed by atoms with E-state index in [-0.39, 0.29) is 23.8 Å². The van der Waals surface area contributed by atoms with Crippen molar-refractivity contribution in [2.75, 3.05) is 13.2 Å². The Bertz CT molecular complexity index is 1130. The second-order valence-electron chi connectivity index (χ2n) is 8.07. The number of aromatic carboxylic acids is 1. The van der Waals surface area contributed by atoms with Crippen molar-refractivity contribution in [1.82, 2.24) is 19.8 Å². The van der Waals surface area contributed by atoms with Crippen molar-refractivity contribution in [3.8, 4) is 5.69 Å². The van der Waals surface area contributed by atoms with Gasteiger partial charge in [-0.3, -0.25) is 4.98 Å². The van der Waals surface area contributed by atoms with Gasteiger partial charge in [0.1, 0.15) is 0 Å². The first kappa shape index (κ1) is 20.7. The smallest absolute Gasteiger partial charge is 0.335 e. The molecule has 2 N–H and O–H groups in total. The van der Waals surface area contributed by atoms with Crippen LogP contribution in [-0.2, 0) is 4.74 Å². The second-order valence-corrected chi connectivity index (χ2v) is 8.46. The van der Waals surface area contributed by atoms with Gasteiger partial charge in [0.05, 0.1) is 29.4 Å². The normalized spacial score (nSPS) is 22.8. The van der Waals surface area contributed by atoms with E-state index in [2.05, 4.69) is 21.3 Å². The number of pyridine rings is 1. The van der Waals surface area contributed by atoms with Crippen molar-refractivity contribution >= 4 is 23.3 Å². The molecule has 1 aromatic carbocycles. The molecule has 32 heavy (non-hydrogen) atoms. The fourth-order valence-corrected chi connectivity index (χ4v) is 4.91. The Morgan fingerprint density at radius 3 is 2.88 bits per heavy atom. The summed E-state index contributed by atoms with van der Waals surface area (Å²) in [6.07, 6.45) is 5.96. The Morgan fingerprint density at radius 1 is 1.22 bits per heavy atom. The third-order valence-electron chi connectivity index (χ3n) is 6.08. The summed E-state index contributed by atoms with van der Waals surface area (Å²) in [5, 5.41) is 13.6. The van der Waals surface area contributed by atoms with Crippen molar-refractivity contribution in [1.29, 1.82) is 0 Å². The second kappa shape index (κ2) is 8.72. The van der Waals surface area contributed by atoms with E-state index in [0.29, 0.717) is 11.7 Å². The topological polar surface area (TPSA) is 79.6 Å². The number of thiocarbonyl (C=S) groups is 1. The highest BCUT2D eigenvalue weighted by Gasteiger charge is 2.42. The number of carboxylic acids is 1. The van der Waals surface area contributed by atoms with Crippen molar-refractivity contribution in [2.45, 2.75) is 31.0 Å². The summed E-state index contributed by atoms with van der Waals surface area (Å²) >= 11 is 5.76. The number of hydrogen-bond acceptors (Lipinski definition) is 4. The van der Waals surface area contributed by atoms with Crippen LogP contribution in [0.15, 0.2) is 67.0 Å². The average Bonchev–Trinajstić information content (AvgIpc) is 3.56. The zero-order chi connectivity index (χ0) is 22.1. The van der Waals surface area contributed by atoms with Gasteiger partial charge in [-0.2, -0.15) is 0 Å². The Morgan fingerprint density at radius 2 is 2.12 bits per heavy atom. The molecule has 0 unspecified atom stereocenters. The molecule has 0 saturated carbocycles. The van der Waals surface area contributed by atoms with Crippen LogP contribution in [-0.4, -0.2) is 49.9 Å². The molecule has 0 bridgehead atoms. The lowest BCUT2D eigenvalue weighted by atomic mass is 10.0. The van der Waals surface area contributed by atoms with E-state index in [1.54, 1.807) is 24.4 Å². The molecule has 3 atom stereocenters. The van der Waals surface area contributed by atoms with Gasteiger partial charge in [-0.15, -0.1) is 0 Å². The number of ether oxygens (including phenoxy) is 1. The zero-order valence-corrected chi connectivity index (χ0v) is 18.2. The molecule has 2 saturated heterocycles. The van der Waals surface area contributed by atoms with E-state index in [1.807, 2.05) is 41.1 Å². The number of aromatic nitrogens is 2. The lowest BCUT2D eigenvalue weighted by Crippen LogP contribution is -2.36. The van der Waals surface area contributed by atoms with Gasteiger partial charge in [-0.05, 0) is 67.5 Å². The van der Waals surface area contributed by atoms with Crippen molar-refractivity contribution in [3.63, 3.8) is 0 Å². The number of nitrogens with one attached hydrogen (secondary N) is 1. The van der Waals surface area contributed by atoms with Gasteiger partial charge in [0, 0.05) is 36.9 Å². The number of nitrogens with zero attached hydrogens (tertiary/aromatic N) is 3. The molecule has 0 amide bonds. The SMILES string of the molecule is O=C(O)c1cccc(-n2cccc2[C@@H]2[C@H](c3ccccn3)NC(=S)N2C[C@@H]2CCCO2)c1. The van der Waals surface area contributed by atoms with Gasteiger partial charge in [0.25, 0.3) is 0 Å². The molecule has 0 aliphatic carbocycles. The molecular formula is C24H24N4O3S. The van der Waals surface area contributed by atoms with Crippen LogP contribution in [0, 0.1) is 0 Å². The first-order valence-corrected chi connectivity index (χ1v) is 11.1. The summed E-state index contributed by atoms with van der Waals surface area (Å²) in [6, 6.07) is 16.6. The molecule has 2 fully saturated rings. The number of rotatable bonds is 6. The standard InChI is InChI=1S/C24H24N4O3S/c29-23(30)16-6-3-7-17(14-16)27-12-4-10-20(27)22-21(19-9-1-2-11-25-19)26-24(32)28(22)15-18-8-5-13-31-18/h1-4,6-7,9-12,14,18,21-22H,5,8,13,15H2,(H,26,32)(H,29,30)/t18-,21-,22+/m0/s1. The van der Waals surface area contributed by atoms with Crippen molar-refractivity contribution in [2.24, 2.45) is 0 Å².